The highest BCUT2D eigenvalue weighted by Crippen LogP contribution is 2.35. The number of ketones is 1. The third-order valence-corrected chi connectivity index (χ3v) is 4.33. The molecule has 1 unspecified atom stereocenters. The van der Waals surface area contributed by atoms with Gasteiger partial charge in [0.25, 0.3) is 0 Å². The summed E-state index contributed by atoms with van der Waals surface area (Å²) in [5.41, 5.74) is 2.50. The van der Waals surface area contributed by atoms with Crippen LogP contribution in [-0.4, -0.2) is 23.9 Å². The van der Waals surface area contributed by atoms with Gasteiger partial charge in [-0.1, -0.05) is 24.3 Å². The topological polar surface area (TPSA) is 51.2 Å². The summed E-state index contributed by atoms with van der Waals surface area (Å²) in [5, 5.41) is 3.27. The van der Waals surface area contributed by atoms with Gasteiger partial charge in [0.05, 0.1) is 6.61 Å². The van der Waals surface area contributed by atoms with Crippen LogP contribution in [0.4, 0.5) is 5.82 Å². The van der Waals surface area contributed by atoms with Gasteiger partial charge in [0.2, 0.25) is 0 Å². The van der Waals surface area contributed by atoms with Crippen LogP contribution in [0.2, 0.25) is 0 Å². The van der Waals surface area contributed by atoms with Crippen LogP contribution in [0.15, 0.2) is 48.7 Å². The quantitative estimate of drug-likeness (QED) is 0.674. The van der Waals surface area contributed by atoms with Crippen molar-refractivity contribution in [2.24, 2.45) is 0 Å². The van der Waals surface area contributed by atoms with Gasteiger partial charge in [0.15, 0.2) is 0 Å². The lowest BCUT2D eigenvalue weighted by Crippen LogP contribution is -2.08. The number of aromatic nitrogens is 1. The molecule has 4 nitrogen and oxygen atoms in total. The van der Waals surface area contributed by atoms with E-state index in [1.807, 2.05) is 24.3 Å². The number of hydrogen-bond acceptors (Lipinski definition) is 4. The lowest BCUT2D eigenvalue weighted by molar-refractivity contribution is -0.117. The van der Waals surface area contributed by atoms with Gasteiger partial charge in [0, 0.05) is 26.5 Å². The van der Waals surface area contributed by atoms with Crippen molar-refractivity contribution >= 4 is 17.7 Å². The van der Waals surface area contributed by atoms with E-state index in [9.17, 15) is 4.79 Å². The van der Waals surface area contributed by atoms with Gasteiger partial charge < -0.3 is 14.8 Å². The molecule has 25 heavy (non-hydrogen) atoms. The van der Waals surface area contributed by atoms with Crippen molar-refractivity contribution in [2.75, 3.05) is 18.5 Å². The van der Waals surface area contributed by atoms with E-state index < -0.39 is 0 Å². The number of fused-ring (bicyclic) bond motifs is 1. The smallest absolute Gasteiger partial charge is 0.129 e. The standard InChI is InChI=1S/C21H24N2O2.H2/c1-16(24)6-7-17-8-9-18-15-19(10-11-20(17)18)25-14-4-13-23-21-5-2-3-12-22-21;/h2-3,5,8-12,15,17H,4,6-7,13-14H2,1H3,(H,22,23);1H. The summed E-state index contributed by atoms with van der Waals surface area (Å²) in [5.74, 6) is 2.40. The maximum atomic E-state index is 11.2. The molecule has 4 heteroatoms. The normalized spacial score (nSPS) is 15.0. The number of carbonyl (C=O) groups excluding carboxylic acids is 1. The zero-order valence-electron chi connectivity index (χ0n) is 14.6. The molecule has 2 aromatic rings. The van der Waals surface area contributed by atoms with Crippen molar-refractivity contribution in [3.63, 3.8) is 0 Å². The average molecular weight is 338 g/mol. The number of hydrogen-bond donors (Lipinski definition) is 1. The third kappa shape index (κ3) is 4.92. The molecule has 1 aliphatic rings. The number of allylic oxidation sites excluding steroid dienone is 1. The molecule has 0 spiro atoms. The van der Waals surface area contributed by atoms with E-state index in [0.29, 0.717) is 18.9 Å². The first-order valence-electron chi connectivity index (χ1n) is 8.81. The third-order valence-electron chi connectivity index (χ3n) is 4.33. The van der Waals surface area contributed by atoms with Gasteiger partial charge in [-0.3, -0.25) is 0 Å². The Morgan fingerprint density at radius 1 is 1.32 bits per heavy atom. The van der Waals surface area contributed by atoms with Crippen LogP contribution in [-0.2, 0) is 4.79 Å². The minimum Gasteiger partial charge on any atom is -0.494 e. The minimum absolute atomic E-state index is 0. The molecule has 0 amide bonds. The van der Waals surface area contributed by atoms with E-state index in [-0.39, 0.29) is 7.21 Å². The number of Topliss-reactive ketones (excluding diaryl/α,β-unsaturated/α-hetero) is 1. The van der Waals surface area contributed by atoms with E-state index in [2.05, 4.69) is 34.6 Å². The Labute approximate surface area is 150 Å². The van der Waals surface area contributed by atoms with Crippen LogP contribution in [0.25, 0.3) is 6.08 Å². The fraction of sp³-hybridized carbons (Fsp3) is 0.333. The minimum atomic E-state index is 0. The second-order valence-corrected chi connectivity index (χ2v) is 6.34. The summed E-state index contributed by atoms with van der Waals surface area (Å²) in [6, 6.07) is 12.1. The first kappa shape index (κ1) is 17.2. The number of nitrogens with one attached hydrogen (secondary N) is 1. The molecule has 0 saturated carbocycles. The molecule has 1 N–H and O–H groups in total. The number of anilines is 1. The maximum Gasteiger partial charge on any atom is 0.129 e. The van der Waals surface area contributed by atoms with Crippen LogP contribution in [0.1, 0.15) is 44.7 Å². The van der Waals surface area contributed by atoms with Gasteiger partial charge >= 0.3 is 0 Å². The monoisotopic (exact) mass is 338 g/mol. The Bertz CT molecular complexity index is 747. The van der Waals surface area contributed by atoms with Crippen LogP contribution >= 0.6 is 0 Å². The molecular formula is C21H26N2O2. The van der Waals surface area contributed by atoms with Gasteiger partial charge in [-0.25, -0.2) is 4.98 Å². The first-order valence-corrected chi connectivity index (χ1v) is 8.81. The molecule has 0 aliphatic heterocycles. The van der Waals surface area contributed by atoms with Gasteiger partial charge in [-0.05, 0) is 55.2 Å². The van der Waals surface area contributed by atoms with E-state index >= 15 is 0 Å². The summed E-state index contributed by atoms with van der Waals surface area (Å²) in [6.07, 6.45) is 8.53. The summed E-state index contributed by atoms with van der Waals surface area (Å²) in [6.45, 7) is 3.14. The lowest BCUT2D eigenvalue weighted by Gasteiger charge is -2.12. The van der Waals surface area contributed by atoms with E-state index in [4.69, 9.17) is 4.74 Å². The Morgan fingerprint density at radius 3 is 3.04 bits per heavy atom. The van der Waals surface area contributed by atoms with Crippen LogP contribution in [0, 0.1) is 0 Å². The molecule has 1 aromatic heterocycles. The Kier molecular flexibility index (Phi) is 5.83. The Morgan fingerprint density at radius 2 is 2.24 bits per heavy atom. The Hall–Kier alpha value is -2.62. The fourth-order valence-corrected chi connectivity index (χ4v) is 3.00. The summed E-state index contributed by atoms with van der Waals surface area (Å²) in [7, 11) is 0. The second-order valence-electron chi connectivity index (χ2n) is 6.34. The molecule has 0 saturated heterocycles. The van der Waals surface area contributed by atoms with Crippen LogP contribution in [0.5, 0.6) is 5.75 Å². The second kappa shape index (κ2) is 8.47. The molecular weight excluding hydrogens is 312 g/mol. The van der Waals surface area contributed by atoms with E-state index in [1.165, 1.54) is 11.1 Å². The predicted octanol–water partition coefficient (Wildman–Crippen LogP) is 4.69. The molecule has 0 bridgehead atoms. The van der Waals surface area contributed by atoms with Gasteiger partial charge in [0.1, 0.15) is 17.4 Å². The fourth-order valence-electron chi connectivity index (χ4n) is 3.00. The van der Waals surface area contributed by atoms with Gasteiger partial charge in [-0.2, -0.15) is 0 Å². The maximum absolute atomic E-state index is 11.2. The van der Waals surface area contributed by atoms with E-state index in [0.717, 1.165) is 31.0 Å². The van der Waals surface area contributed by atoms with E-state index in [1.54, 1.807) is 13.1 Å². The zero-order chi connectivity index (χ0) is 17.5. The molecule has 1 aliphatic carbocycles. The van der Waals surface area contributed by atoms with Crippen molar-refractivity contribution in [1.29, 1.82) is 0 Å². The number of pyridine rings is 1. The highest BCUT2D eigenvalue weighted by molar-refractivity contribution is 5.75. The number of ether oxygens (including phenoxy) is 1. The van der Waals surface area contributed by atoms with Crippen LogP contribution < -0.4 is 10.1 Å². The Balaban J connectivity index is 0.00000243. The van der Waals surface area contributed by atoms with Crippen molar-refractivity contribution < 1.29 is 11.0 Å². The number of rotatable bonds is 9. The highest BCUT2D eigenvalue weighted by Gasteiger charge is 2.18. The number of nitrogens with zero attached hydrogens (tertiary/aromatic N) is 1. The van der Waals surface area contributed by atoms with Crippen molar-refractivity contribution in [1.82, 2.24) is 4.98 Å². The molecule has 1 heterocycles. The van der Waals surface area contributed by atoms with Crippen molar-refractivity contribution in [3.8, 4) is 5.75 Å². The SMILES string of the molecule is CC(=O)CCC1C=Cc2cc(OCCCNc3ccccn3)ccc21.[HH]. The number of benzene rings is 1. The summed E-state index contributed by atoms with van der Waals surface area (Å²) in [4.78, 5) is 15.4. The lowest BCUT2D eigenvalue weighted by atomic mass is 9.95. The largest absolute Gasteiger partial charge is 0.494 e. The predicted molar refractivity (Wildman–Crippen MR) is 103 cm³/mol. The van der Waals surface area contributed by atoms with Crippen molar-refractivity contribution in [2.45, 2.75) is 32.1 Å². The van der Waals surface area contributed by atoms with Crippen molar-refractivity contribution in [3.05, 3.63) is 59.8 Å². The molecule has 3 rings (SSSR count). The summed E-state index contributed by atoms with van der Waals surface area (Å²) < 4.78 is 5.85. The molecule has 1 aromatic carbocycles. The molecule has 1 atom stereocenters. The molecule has 132 valence electrons. The number of carbonyl (C=O) groups is 1. The average Bonchev–Trinajstić information content (AvgIpc) is 3.03. The molecule has 0 fully saturated rings. The molecule has 0 radical (unpaired) electrons. The first-order chi connectivity index (χ1) is 12.2. The van der Waals surface area contributed by atoms with Gasteiger partial charge in [-0.15, -0.1) is 0 Å². The summed E-state index contributed by atoms with van der Waals surface area (Å²) >= 11 is 0. The highest BCUT2D eigenvalue weighted by atomic mass is 16.5. The van der Waals surface area contributed by atoms with Crippen LogP contribution in [0.3, 0.4) is 0 Å². The zero-order valence-corrected chi connectivity index (χ0v) is 14.6.